The van der Waals surface area contributed by atoms with Gasteiger partial charge in [-0.3, -0.25) is 4.79 Å². The van der Waals surface area contributed by atoms with Gasteiger partial charge in [-0.15, -0.1) is 0 Å². The predicted octanol–water partition coefficient (Wildman–Crippen LogP) is 3.57. The fraction of sp³-hybridized carbons (Fsp3) is 0.0588. The van der Waals surface area contributed by atoms with Crippen LogP contribution in [0.15, 0.2) is 60.8 Å². The van der Waals surface area contributed by atoms with Crippen LogP contribution in [0.3, 0.4) is 0 Å². The maximum Gasteiger partial charge on any atom is 0.276 e. The molecule has 0 aliphatic rings. The van der Waals surface area contributed by atoms with E-state index in [2.05, 4.69) is 10.4 Å². The lowest BCUT2D eigenvalue weighted by molar-refractivity contribution is 0.102. The molecule has 4 nitrogen and oxygen atoms in total. The van der Waals surface area contributed by atoms with Crippen LogP contribution in [0.2, 0.25) is 0 Å². The summed E-state index contributed by atoms with van der Waals surface area (Å²) in [5.74, 6) is -0.909. The van der Waals surface area contributed by atoms with Crippen LogP contribution in [0.25, 0.3) is 5.69 Å². The fourth-order valence-electron chi connectivity index (χ4n) is 2.08. The third-order valence-electron chi connectivity index (χ3n) is 3.22. The van der Waals surface area contributed by atoms with Crippen molar-refractivity contribution in [1.29, 1.82) is 0 Å². The van der Waals surface area contributed by atoms with Crippen LogP contribution in [0, 0.1) is 12.7 Å². The van der Waals surface area contributed by atoms with E-state index in [0.717, 1.165) is 11.3 Å². The molecule has 3 aromatic rings. The summed E-state index contributed by atoms with van der Waals surface area (Å²) in [6.07, 6.45) is 1.69. The first-order valence-corrected chi connectivity index (χ1v) is 6.82. The number of carbonyl (C=O) groups is 1. The topological polar surface area (TPSA) is 46.9 Å². The van der Waals surface area contributed by atoms with Gasteiger partial charge < -0.3 is 5.32 Å². The molecule has 22 heavy (non-hydrogen) atoms. The smallest absolute Gasteiger partial charge is 0.276 e. The van der Waals surface area contributed by atoms with Crippen LogP contribution < -0.4 is 5.32 Å². The van der Waals surface area contributed by atoms with Gasteiger partial charge in [-0.25, -0.2) is 9.07 Å². The average molecular weight is 295 g/mol. The Morgan fingerprint density at radius 1 is 1.14 bits per heavy atom. The second-order valence-corrected chi connectivity index (χ2v) is 4.92. The van der Waals surface area contributed by atoms with Gasteiger partial charge in [0.25, 0.3) is 5.91 Å². The van der Waals surface area contributed by atoms with Crippen molar-refractivity contribution in [1.82, 2.24) is 9.78 Å². The number of halogens is 1. The molecule has 0 unspecified atom stereocenters. The highest BCUT2D eigenvalue weighted by molar-refractivity contribution is 6.02. The van der Waals surface area contributed by atoms with E-state index in [4.69, 9.17) is 0 Å². The average Bonchev–Trinajstić information content (AvgIpc) is 3.01. The van der Waals surface area contributed by atoms with E-state index in [0.29, 0.717) is 0 Å². The van der Waals surface area contributed by atoms with Gasteiger partial charge in [-0.1, -0.05) is 24.3 Å². The highest BCUT2D eigenvalue weighted by atomic mass is 19.1. The van der Waals surface area contributed by atoms with Crippen molar-refractivity contribution in [2.75, 3.05) is 5.32 Å². The van der Waals surface area contributed by atoms with E-state index < -0.39 is 11.7 Å². The monoisotopic (exact) mass is 295 g/mol. The molecule has 1 N–H and O–H groups in total. The number of amides is 1. The lowest BCUT2D eigenvalue weighted by atomic mass is 10.2. The Labute approximate surface area is 127 Å². The van der Waals surface area contributed by atoms with E-state index in [1.165, 1.54) is 12.1 Å². The van der Waals surface area contributed by atoms with Crippen LogP contribution in [0.5, 0.6) is 0 Å². The van der Waals surface area contributed by atoms with Crippen molar-refractivity contribution in [2.24, 2.45) is 0 Å². The van der Waals surface area contributed by atoms with Gasteiger partial charge in [0.05, 0.1) is 11.4 Å². The standard InChI is InChI=1S/C17H14FN3O/c1-12-7-8-15(14(18)11-12)19-17(22)16-9-10-21(20-16)13-5-3-2-4-6-13/h2-11H,1H3,(H,19,22). The largest absolute Gasteiger partial charge is 0.318 e. The summed E-state index contributed by atoms with van der Waals surface area (Å²) in [7, 11) is 0. The molecule has 1 heterocycles. The summed E-state index contributed by atoms with van der Waals surface area (Å²) in [6.45, 7) is 1.79. The number of benzene rings is 2. The quantitative estimate of drug-likeness (QED) is 0.803. The first-order chi connectivity index (χ1) is 10.6. The Kier molecular flexibility index (Phi) is 3.70. The highest BCUT2D eigenvalue weighted by Gasteiger charge is 2.12. The molecule has 2 aromatic carbocycles. The van der Waals surface area contributed by atoms with Gasteiger partial charge in [0, 0.05) is 6.20 Å². The van der Waals surface area contributed by atoms with Crippen LogP contribution in [0.4, 0.5) is 10.1 Å². The van der Waals surface area contributed by atoms with Crippen molar-refractivity contribution in [3.05, 3.63) is 77.9 Å². The molecule has 0 saturated heterocycles. The fourth-order valence-corrected chi connectivity index (χ4v) is 2.08. The van der Waals surface area contributed by atoms with E-state index >= 15 is 0 Å². The second kappa shape index (κ2) is 5.81. The molecule has 110 valence electrons. The number of hydrogen-bond acceptors (Lipinski definition) is 2. The van der Waals surface area contributed by atoms with Crippen molar-refractivity contribution in [3.8, 4) is 5.69 Å². The number of aromatic nitrogens is 2. The summed E-state index contributed by atoms with van der Waals surface area (Å²) in [4.78, 5) is 12.1. The van der Waals surface area contributed by atoms with Crippen molar-refractivity contribution in [2.45, 2.75) is 6.92 Å². The lowest BCUT2D eigenvalue weighted by Crippen LogP contribution is -2.14. The number of hydrogen-bond donors (Lipinski definition) is 1. The number of rotatable bonds is 3. The predicted molar refractivity (Wildman–Crippen MR) is 82.7 cm³/mol. The molecule has 0 aliphatic heterocycles. The SMILES string of the molecule is Cc1ccc(NC(=O)c2ccn(-c3ccccc3)n2)c(F)c1. The number of aryl methyl sites for hydroxylation is 1. The zero-order valence-electron chi connectivity index (χ0n) is 12.0. The molecule has 0 spiro atoms. The molecule has 1 amide bonds. The summed E-state index contributed by atoms with van der Waals surface area (Å²) in [5.41, 5.74) is 2.01. The summed E-state index contributed by atoms with van der Waals surface area (Å²) < 4.78 is 15.4. The molecular formula is C17H14FN3O. The van der Waals surface area contributed by atoms with Gasteiger partial charge in [-0.05, 0) is 42.8 Å². The Hall–Kier alpha value is -2.95. The summed E-state index contributed by atoms with van der Waals surface area (Å²) in [6, 6.07) is 15.7. The van der Waals surface area contributed by atoms with Gasteiger partial charge in [-0.2, -0.15) is 5.10 Å². The summed E-state index contributed by atoms with van der Waals surface area (Å²) in [5, 5.41) is 6.73. The van der Waals surface area contributed by atoms with Crippen molar-refractivity contribution >= 4 is 11.6 Å². The van der Waals surface area contributed by atoms with E-state index in [1.807, 2.05) is 30.3 Å². The van der Waals surface area contributed by atoms with E-state index in [-0.39, 0.29) is 11.4 Å². The zero-order chi connectivity index (χ0) is 15.5. The highest BCUT2D eigenvalue weighted by Crippen LogP contribution is 2.16. The first kappa shape index (κ1) is 14.0. The molecule has 0 radical (unpaired) electrons. The number of nitrogens with zero attached hydrogens (tertiary/aromatic N) is 2. The summed E-state index contributed by atoms with van der Waals surface area (Å²) >= 11 is 0. The molecule has 0 aliphatic carbocycles. The van der Waals surface area contributed by atoms with Crippen LogP contribution in [0.1, 0.15) is 16.1 Å². The van der Waals surface area contributed by atoms with Crippen molar-refractivity contribution in [3.63, 3.8) is 0 Å². The minimum Gasteiger partial charge on any atom is -0.318 e. The molecule has 0 saturated carbocycles. The van der Waals surface area contributed by atoms with Crippen LogP contribution in [-0.4, -0.2) is 15.7 Å². The molecule has 5 heteroatoms. The lowest BCUT2D eigenvalue weighted by Gasteiger charge is -2.05. The Morgan fingerprint density at radius 2 is 1.91 bits per heavy atom. The van der Waals surface area contributed by atoms with Crippen LogP contribution in [-0.2, 0) is 0 Å². The Balaban J connectivity index is 1.80. The van der Waals surface area contributed by atoms with Crippen molar-refractivity contribution < 1.29 is 9.18 Å². The molecule has 1 aromatic heterocycles. The Morgan fingerprint density at radius 3 is 2.64 bits per heavy atom. The molecule has 0 fully saturated rings. The van der Waals surface area contributed by atoms with Gasteiger partial charge in [0.2, 0.25) is 0 Å². The normalized spacial score (nSPS) is 10.5. The van der Waals surface area contributed by atoms with Gasteiger partial charge >= 0.3 is 0 Å². The van der Waals surface area contributed by atoms with E-state index in [9.17, 15) is 9.18 Å². The molecule has 0 bridgehead atoms. The Bertz CT molecular complexity index is 812. The minimum absolute atomic E-state index is 0.143. The third kappa shape index (κ3) is 2.88. The molecule has 0 atom stereocenters. The molecular weight excluding hydrogens is 281 g/mol. The zero-order valence-corrected chi connectivity index (χ0v) is 12.0. The van der Waals surface area contributed by atoms with Gasteiger partial charge in [0.15, 0.2) is 5.69 Å². The van der Waals surface area contributed by atoms with E-state index in [1.54, 1.807) is 29.9 Å². The van der Waals surface area contributed by atoms with Gasteiger partial charge in [0.1, 0.15) is 5.82 Å². The van der Waals surface area contributed by atoms with Crippen LogP contribution >= 0.6 is 0 Å². The number of anilines is 1. The first-order valence-electron chi connectivity index (χ1n) is 6.82. The second-order valence-electron chi connectivity index (χ2n) is 4.92. The molecule has 3 rings (SSSR count). The minimum atomic E-state index is -0.462. The maximum absolute atomic E-state index is 13.8. The third-order valence-corrected chi connectivity index (χ3v) is 3.22. The maximum atomic E-state index is 13.8. The number of carbonyl (C=O) groups excluding carboxylic acids is 1. The number of para-hydroxylation sites is 1. The number of nitrogens with one attached hydrogen (secondary N) is 1.